The van der Waals surface area contributed by atoms with E-state index in [4.69, 9.17) is 10.5 Å². The fraction of sp³-hybridized carbons (Fsp3) is 1.00. The zero-order valence-electron chi connectivity index (χ0n) is 11.3. The Balaban J connectivity index is 2.58. The molecule has 0 bridgehead atoms. The van der Waals surface area contributed by atoms with Gasteiger partial charge >= 0.3 is 0 Å². The second-order valence-electron chi connectivity index (χ2n) is 5.84. The maximum Gasteiger partial charge on any atom is 0.0636 e. The highest BCUT2D eigenvalue weighted by atomic mass is 16.5. The first-order valence-corrected chi connectivity index (χ1v) is 6.58. The van der Waals surface area contributed by atoms with Gasteiger partial charge in [-0.1, -0.05) is 27.7 Å². The average Bonchev–Trinajstić information content (AvgIpc) is 2.15. The Labute approximate surface area is 100 Å². The summed E-state index contributed by atoms with van der Waals surface area (Å²) in [4.78, 5) is 2.53. The van der Waals surface area contributed by atoms with E-state index in [9.17, 15) is 0 Å². The Hall–Kier alpha value is -0.120. The Morgan fingerprint density at radius 3 is 2.19 bits per heavy atom. The molecule has 0 aromatic rings. The van der Waals surface area contributed by atoms with Crippen LogP contribution in [0.3, 0.4) is 0 Å². The van der Waals surface area contributed by atoms with Crippen LogP contribution in [-0.4, -0.2) is 43.3 Å². The van der Waals surface area contributed by atoms with Crippen LogP contribution in [-0.2, 0) is 4.74 Å². The average molecular weight is 228 g/mol. The van der Waals surface area contributed by atoms with Gasteiger partial charge in [-0.05, 0) is 18.3 Å². The lowest BCUT2D eigenvalue weighted by Gasteiger charge is -2.39. The molecule has 0 saturated carbocycles. The van der Waals surface area contributed by atoms with Crippen molar-refractivity contribution in [3.63, 3.8) is 0 Å². The van der Waals surface area contributed by atoms with Gasteiger partial charge < -0.3 is 10.5 Å². The maximum absolute atomic E-state index is 6.21. The fourth-order valence-electron chi connectivity index (χ4n) is 2.40. The highest BCUT2D eigenvalue weighted by molar-refractivity contribution is 4.85. The van der Waals surface area contributed by atoms with E-state index in [0.29, 0.717) is 17.9 Å². The predicted octanol–water partition coefficient (Wildman–Crippen LogP) is 1.72. The lowest BCUT2D eigenvalue weighted by Crippen LogP contribution is -2.55. The minimum absolute atomic E-state index is 0.284. The van der Waals surface area contributed by atoms with Crippen LogP contribution in [0.1, 0.15) is 34.1 Å². The molecule has 1 heterocycles. The van der Waals surface area contributed by atoms with Crippen molar-refractivity contribution in [1.29, 1.82) is 0 Å². The number of ether oxygens (including phenoxy) is 1. The van der Waals surface area contributed by atoms with Gasteiger partial charge in [0, 0.05) is 31.8 Å². The molecule has 1 aliphatic rings. The first-order chi connectivity index (χ1) is 7.50. The second kappa shape index (κ2) is 6.58. The molecule has 2 unspecified atom stereocenters. The number of hydrogen-bond acceptors (Lipinski definition) is 3. The minimum atomic E-state index is 0.284. The van der Waals surface area contributed by atoms with Gasteiger partial charge in [-0.15, -0.1) is 0 Å². The third-order valence-electron chi connectivity index (χ3n) is 3.05. The molecule has 1 saturated heterocycles. The van der Waals surface area contributed by atoms with Crippen LogP contribution < -0.4 is 5.73 Å². The zero-order chi connectivity index (χ0) is 12.1. The molecule has 3 nitrogen and oxygen atoms in total. The van der Waals surface area contributed by atoms with E-state index >= 15 is 0 Å². The van der Waals surface area contributed by atoms with Crippen molar-refractivity contribution in [3.8, 4) is 0 Å². The Bertz CT molecular complexity index is 184. The molecule has 3 heteroatoms. The molecule has 0 amide bonds. The Morgan fingerprint density at radius 1 is 1.19 bits per heavy atom. The van der Waals surface area contributed by atoms with Crippen LogP contribution in [0, 0.1) is 11.8 Å². The van der Waals surface area contributed by atoms with Crippen molar-refractivity contribution in [2.24, 2.45) is 17.6 Å². The number of nitrogens with two attached hydrogens (primary N) is 1. The first kappa shape index (κ1) is 13.9. The van der Waals surface area contributed by atoms with Gasteiger partial charge in [-0.3, -0.25) is 4.90 Å². The third kappa shape index (κ3) is 4.40. The summed E-state index contributed by atoms with van der Waals surface area (Å²) in [6.45, 7) is 12.9. The van der Waals surface area contributed by atoms with Crippen molar-refractivity contribution >= 4 is 0 Å². The molecule has 96 valence electrons. The Kier molecular flexibility index (Phi) is 5.73. The van der Waals surface area contributed by atoms with Gasteiger partial charge in [0.05, 0.1) is 6.61 Å². The summed E-state index contributed by atoms with van der Waals surface area (Å²) >= 11 is 0. The van der Waals surface area contributed by atoms with Crippen LogP contribution >= 0.6 is 0 Å². The molecular formula is C13H28N2O. The molecule has 0 radical (unpaired) electrons. The summed E-state index contributed by atoms with van der Waals surface area (Å²) in [7, 11) is 0. The molecule has 0 spiro atoms. The molecule has 1 aliphatic heterocycles. The summed E-state index contributed by atoms with van der Waals surface area (Å²) in [5.74, 6) is 1.38. The molecule has 0 aromatic heterocycles. The minimum Gasteiger partial charge on any atom is -0.380 e. The van der Waals surface area contributed by atoms with E-state index in [0.717, 1.165) is 32.7 Å². The smallest absolute Gasteiger partial charge is 0.0636 e. The van der Waals surface area contributed by atoms with Crippen LogP contribution in [0.4, 0.5) is 0 Å². The van der Waals surface area contributed by atoms with E-state index in [1.54, 1.807) is 0 Å². The second-order valence-corrected chi connectivity index (χ2v) is 5.84. The van der Waals surface area contributed by atoms with Crippen molar-refractivity contribution in [2.75, 3.05) is 26.3 Å². The van der Waals surface area contributed by atoms with Crippen molar-refractivity contribution in [3.05, 3.63) is 0 Å². The van der Waals surface area contributed by atoms with Crippen LogP contribution in [0.25, 0.3) is 0 Å². The Morgan fingerprint density at radius 2 is 1.75 bits per heavy atom. The predicted molar refractivity (Wildman–Crippen MR) is 68.4 cm³/mol. The summed E-state index contributed by atoms with van der Waals surface area (Å²) in [5, 5.41) is 0. The zero-order valence-corrected chi connectivity index (χ0v) is 11.3. The lowest BCUT2D eigenvalue weighted by molar-refractivity contribution is -0.00228. The number of rotatable bonds is 5. The topological polar surface area (TPSA) is 38.5 Å². The SMILES string of the molecule is CC(C)CN(CC(C)C)C1COCCC1N. The fourth-order valence-corrected chi connectivity index (χ4v) is 2.40. The van der Waals surface area contributed by atoms with Gasteiger partial charge in [0.15, 0.2) is 0 Å². The summed E-state index contributed by atoms with van der Waals surface area (Å²) in [6, 6.07) is 0.699. The van der Waals surface area contributed by atoms with E-state index < -0.39 is 0 Å². The lowest BCUT2D eigenvalue weighted by atomic mass is 10.00. The quantitative estimate of drug-likeness (QED) is 0.778. The molecule has 1 fully saturated rings. The number of nitrogens with zero attached hydrogens (tertiary/aromatic N) is 1. The third-order valence-corrected chi connectivity index (χ3v) is 3.05. The maximum atomic E-state index is 6.21. The van der Waals surface area contributed by atoms with Gasteiger partial charge in [-0.25, -0.2) is 0 Å². The molecule has 2 N–H and O–H groups in total. The molecule has 0 aromatic carbocycles. The van der Waals surface area contributed by atoms with Gasteiger partial charge in [-0.2, -0.15) is 0 Å². The van der Waals surface area contributed by atoms with Crippen LogP contribution in [0.2, 0.25) is 0 Å². The molecule has 1 rings (SSSR count). The van der Waals surface area contributed by atoms with E-state index in [1.165, 1.54) is 0 Å². The number of hydrogen-bond donors (Lipinski definition) is 1. The highest BCUT2D eigenvalue weighted by Gasteiger charge is 2.28. The largest absolute Gasteiger partial charge is 0.380 e. The molecule has 0 aliphatic carbocycles. The first-order valence-electron chi connectivity index (χ1n) is 6.58. The summed E-state index contributed by atoms with van der Waals surface area (Å²) in [5.41, 5.74) is 6.21. The van der Waals surface area contributed by atoms with E-state index in [-0.39, 0.29) is 6.04 Å². The van der Waals surface area contributed by atoms with Crippen LogP contribution in [0.5, 0.6) is 0 Å². The molecule has 16 heavy (non-hydrogen) atoms. The van der Waals surface area contributed by atoms with E-state index in [2.05, 4.69) is 32.6 Å². The standard InChI is InChI=1S/C13H28N2O/c1-10(2)7-15(8-11(3)4)13-9-16-6-5-12(13)14/h10-13H,5-9,14H2,1-4H3. The van der Waals surface area contributed by atoms with Crippen LogP contribution in [0.15, 0.2) is 0 Å². The normalized spacial score (nSPS) is 27.0. The van der Waals surface area contributed by atoms with Gasteiger partial charge in [0.1, 0.15) is 0 Å². The van der Waals surface area contributed by atoms with Crippen molar-refractivity contribution in [1.82, 2.24) is 4.90 Å². The van der Waals surface area contributed by atoms with Gasteiger partial charge in [0.2, 0.25) is 0 Å². The van der Waals surface area contributed by atoms with Gasteiger partial charge in [0.25, 0.3) is 0 Å². The summed E-state index contributed by atoms with van der Waals surface area (Å²) in [6.07, 6.45) is 0.997. The molecule has 2 atom stereocenters. The summed E-state index contributed by atoms with van der Waals surface area (Å²) < 4.78 is 5.57. The van der Waals surface area contributed by atoms with Crippen molar-refractivity contribution in [2.45, 2.75) is 46.2 Å². The van der Waals surface area contributed by atoms with Crippen molar-refractivity contribution < 1.29 is 4.74 Å². The van der Waals surface area contributed by atoms with E-state index in [1.807, 2.05) is 0 Å². The monoisotopic (exact) mass is 228 g/mol. The highest BCUT2D eigenvalue weighted by Crippen LogP contribution is 2.16. The molecular weight excluding hydrogens is 200 g/mol.